The van der Waals surface area contributed by atoms with Crippen molar-refractivity contribution in [1.29, 1.82) is 0 Å². The number of ether oxygens (including phenoxy) is 1. The lowest BCUT2D eigenvalue weighted by atomic mass is 9.91. The lowest BCUT2D eigenvalue weighted by molar-refractivity contribution is 0.301. The Bertz CT molecular complexity index is 650. The second-order valence-corrected chi connectivity index (χ2v) is 6.56. The van der Waals surface area contributed by atoms with Gasteiger partial charge < -0.3 is 10.5 Å². The first-order valence-corrected chi connectivity index (χ1v) is 8.78. The molecular formula is C21H27NO. The van der Waals surface area contributed by atoms with E-state index in [1.165, 1.54) is 41.5 Å². The van der Waals surface area contributed by atoms with Crippen molar-refractivity contribution >= 4 is 0 Å². The van der Waals surface area contributed by atoms with Crippen LogP contribution in [0.4, 0.5) is 0 Å². The summed E-state index contributed by atoms with van der Waals surface area (Å²) in [5, 5.41) is 0. The molecule has 0 aromatic heterocycles. The minimum Gasteiger partial charge on any atom is -0.494 e. The Morgan fingerprint density at radius 3 is 2.74 bits per heavy atom. The summed E-state index contributed by atoms with van der Waals surface area (Å²) in [5.74, 6) is 1.45. The molecular weight excluding hydrogens is 282 g/mol. The van der Waals surface area contributed by atoms with E-state index in [1.54, 1.807) is 0 Å². The van der Waals surface area contributed by atoms with Gasteiger partial charge in [-0.2, -0.15) is 0 Å². The summed E-state index contributed by atoms with van der Waals surface area (Å²) in [6, 6.07) is 15.1. The van der Waals surface area contributed by atoms with Gasteiger partial charge >= 0.3 is 0 Å². The van der Waals surface area contributed by atoms with Gasteiger partial charge in [0.15, 0.2) is 0 Å². The molecule has 2 N–H and O–H groups in total. The van der Waals surface area contributed by atoms with E-state index in [0.717, 1.165) is 25.2 Å². The SMILES string of the molecule is Cc1ccccc1C(CN)CCCOc1ccc2c(c1)CCC2. The maximum absolute atomic E-state index is 5.99. The third kappa shape index (κ3) is 3.94. The standard InChI is InChI=1S/C21H27NO/c1-16-6-2-3-10-21(16)19(15-22)9-5-13-23-20-12-11-17-7-4-8-18(17)14-20/h2-3,6,10-12,14,19H,4-5,7-9,13,15,22H2,1H3. The van der Waals surface area contributed by atoms with Gasteiger partial charge in [0.1, 0.15) is 5.75 Å². The molecule has 0 spiro atoms. The highest BCUT2D eigenvalue weighted by Crippen LogP contribution is 2.27. The molecule has 2 aromatic carbocycles. The number of hydrogen-bond acceptors (Lipinski definition) is 2. The fourth-order valence-corrected chi connectivity index (χ4v) is 3.60. The van der Waals surface area contributed by atoms with Crippen molar-refractivity contribution in [1.82, 2.24) is 0 Å². The Kier molecular flexibility index (Phi) is 5.35. The van der Waals surface area contributed by atoms with Crippen LogP contribution in [0.25, 0.3) is 0 Å². The monoisotopic (exact) mass is 309 g/mol. The maximum atomic E-state index is 5.99. The molecule has 0 amide bonds. The zero-order valence-corrected chi connectivity index (χ0v) is 14.1. The van der Waals surface area contributed by atoms with Crippen LogP contribution in [0, 0.1) is 6.92 Å². The molecule has 0 saturated heterocycles. The van der Waals surface area contributed by atoms with E-state index in [1.807, 2.05) is 0 Å². The smallest absolute Gasteiger partial charge is 0.119 e. The maximum Gasteiger partial charge on any atom is 0.119 e. The van der Waals surface area contributed by atoms with Gasteiger partial charge in [-0.3, -0.25) is 0 Å². The number of fused-ring (bicyclic) bond motifs is 1. The first kappa shape index (κ1) is 16.1. The van der Waals surface area contributed by atoms with Gasteiger partial charge in [-0.1, -0.05) is 30.3 Å². The zero-order valence-electron chi connectivity index (χ0n) is 14.1. The van der Waals surface area contributed by atoms with Crippen molar-refractivity contribution in [2.75, 3.05) is 13.2 Å². The third-order valence-electron chi connectivity index (χ3n) is 4.95. The molecule has 0 bridgehead atoms. The van der Waals surface area contributed by atoms with Crippen molar-refractivity contribution < 1.29 is 4.74 Å². The molecule has 0 radical (unpaired) electrons. The summed E-state index contributed by atoms with van der Waals surface area (Å²) >= 11 is 0. The fraction of sp³-hybridized carbons (Fsp3) is 0.429. The Morgan fingerprint density at radius 2 is 1.91 bits per heavy atom. The molecule has 2 aromatic rings. The summed E-state index contributed by atoms with van der Waals surface area (Å²) in [4.78, 5) is 0. The largest absolute Gasteiger partial charge is 0.494 e. The molecule has 0 fully saturated rings. The van der Waals surface area contributed by atoms with Gasteiger partial charge in [-0.25, -0.2) is 0 Å². The Labute approximate surface area is 139 Å². The van der Waals surface area contributed by atoms with Crippen LogP contribution >= 0.6 is 0 Å². The molecule has 1 unspecified atom stereocenters. The molecule has 3 rings (SSSR count). The molecule has 1 aliphatic rings. The van der Waals surface area contributed by atoms with E-state index < -0.39 is 0 Å². The summed E-state index contributed by atoms with van der Waals surface area (Å²) in [5.41, 5.74) is 11.7. The first-order valence-electron chi connectivity index (χ1n) is 8.78. The van der Waals surface area contributed by atoms with Crippen LogP contribution in [-0.4, -0.2) is 13.2 Å². The Hall–Kier alpha value is -1.80. The number of rotatable bonds is 7. The van der Waals surface area contributed by atoms with E-state index in [4.69, 9.17) is 10.5 Å². The topological polar surface area (TPSA) is 35.2 Å². The van der Waals surface area contributed by atoms with Crippen molar-refractivity contribution in [3.05, 3.63) is 64.7 Å². The summed E-state index contributed by atoms with van der Waals surface area (Å²) in [6.45, 7) is 3.63. The van der Waals surface area contributed by atoms with E-state index in [2.05, 4.69) is 49.4 Å². The van der Waals surface area contributed by atoms with E-state index in [-0.39, 0.29) is 0 Å². The van der Waals surface area contributed by atoms with Crippen LogP contribution in [0.5, 0.6) is 5.75 Å². The highest BCUT2D eigenvalue weighted by atomic mass is 16.5. The van der Waals surface area contributed by atoms with E-state index in [0.29, 0.717) is 12.5 Å². The molecule has 2 nitrogen and oxygen atoms in total. The van der Waals surface area contributed by atoms with Crippen LogP contribution in [0.2, 0.25) is 0 Å². The van der Waals surface area contributed by atoms with Gasteiger partial charge in [0.25, 0.3) is 0 Å². The van der Waals surface area contributed by atoms with Crippen LogP contribution < -0.4 is 10.5 Å². The molecule has 0 heterocycles. The van der Waals surface area contributed by atoms with Crippen molar-refractivity contribution in [3.8, 4) is 5.75 Å². The quantitative estimate of drug-likeness (QED) is 0.770. The number of benzene rings is 2. The minimum atomic E-state index is 0.430. The fourth-order valence-electron chi connectivity index (χ4n) is 3.60. The normalized spacial score (nSPS) is 14.5. The van der Waals surface area contributed by atoms with Crippen LogP contribution in [0.1, 0.15) is 47.4 Å². The highest BCUT2D eigenvalue weighted by Gasteiger charge is 2.13. The van der Waals surface area contributed by atoms with Crippen LogP contribution in [0.3, 0.4) is 0 Å². The second-order valence-electron chi connectivity index (χ2n) is 6.56. The predicted molar refractivity (Wildman–Crippen MR) is 96.2 cm³/mol. The van der Waals surface area contributed by atoms with Crippen LogP contribution in [-0.2, 0) is 12.8 Å². The van der Waals surface area contributed by atoms with Crippen molar-refractivity contribution in [2.24, 2.45) is 5.73 Å². The minimum absolute atomic E-state index is 0.430. The highest BCUT2D eigenvalue weighted by molar-refractivity contribution is 5.38. The van der Waals surface area contributed by atoms with Gasteiger partial charge in [-0.05, 0) is 85.9 Å². The van der Waals surface area contributed by atoms with Crippen molar-refractivity contribution in [3.63, 3.8) is 0 Å². The summed E-state index contributed by atoms with van der Waals surface area (Å²) in [7, 11) is 0. The molecule has 0 saturated carbocycles. The average molecular weight is 309 g/mol. The van der Waals surface area contributed by atoms with Gasteiger partial charge in [0.2, 0.25) is 0 Å². The van der Waals surface area contributed by atoms with E-state index in [9.17, 15) is 0 Å². The van der Waals surface area contributed by atoms with Gasteiger partial charge in [-0.15, -0.1) is 0 Å². The van der Waals surface area contributed by atoms with E-state index >= 15 is 0 Å². The van der Waals surface area contributed by atoms with Gasteiger partial charge in [0, 0.05) is 0 Å². The molecule has 1 atom stereocenters. The third-order valence-corrected chi connectivity index (χ3v) is 4.95. The number of aryl methyl sites for hydroxylation is 3. The van der Waals surface area contributed by atoms with Gasteiger partial charge in [0.05, 0.1) is 6.61 Å². The lowest BCUT2D eigenvalue weighted by Crippen LogP contribution is -2.14. The summed E-state index contributed by atoms with van der Waals surface area (Å²) < 4.78 is 5.95. The second kappa shape index (κ2) is 7.65. The predicted octanol–water partition coefficient (Wildman–Crippen LogP) is 4.39. The first-order chi connectivity index (χ1) is 11.3. The number of nitrogens with two attached hydrogens (primary N) is 1. The molecule has 2 heteroatoms. The molecule has 0 aliphatic heterocycles. The zero-order chi connectivity index (χ0) is 16.1. The summed E-state index contributed by atoms with van der Waals surface area (Å²) in [6.07, 6.45) is 5.83. The van der Waals surface area contributed by atoms with Crippen LogP contribution in [0.15, 0.2) is 42.5 Å². The number of hydrogen-bond donors (Lipinski definition) is 1. The molecule has 23 heavy (non-hydrogen) atoms. The lowest BCUT2D eigenvalue weighted by Gasteiger charge is -2.17. The Morgan fingerprint density at radius 1 is 1.09 bits per heavy atom. The van der Waals surface area contributed by atoms with Crippen molar-refractivity contribution in [2.45, 2.75) is 44.9 Å². The molecule has 122 valence electrons. The Balaban J connectivity index is 1.50. The molecule has 1 aliphatic carbocycles. The average Bonchev–Trinajstić information content (AvgIpc) is 3.04.